The predicted molar refractivity (Wildman–Crippen MR) is 228 cm³/mol. The largest absolute Gasteiger partial charge is 0.310 e. The van der Waals surface area contributed by atoms with Gasteiger partial charge in [0.1, 0.15) is 0 Å². The maximum absolute atomic E-state index is 2.68. The zero-order valence-corrected chi connectivity index (χ0v) is 30.7. The molecule has 0 bridgehead atoms. The van der Waals surface area contributed by atoms with Crippen molar-refractivity contribution in [2.45, 2.75) is 9.79 Å². The van der Waals surface area contributed by atoms with Crippen LogP contribution in [-0.2, 0) is 0 Å². The summed E-state index contributed by atoms with van der Waals surface area (Å²) in [4.78, 5) is 5.23. The monoisotopic (exact) mass is 707 g/mol. The number of fused-ring (bicyclic) bond motifs is 12. The van der Waals surface area contributed by atoms with Gasteiger partial charge in [0.05, 0.1) is 5.69 Å². The van der Waals surface area contributed by atoms with Crippen LogP contribution in [0.25, 0.3) is 43.8 Å². The molecule has 0 aliphatic carbocycles. The Labute approximate surface area is 314 Å². The molecule has 0 aromatic heterocycles. The van der Waals surface area contributed by atoms with Crippen LogP contribution in [0.2, 0.25) is 0 Å². The van der Waals surface area contributed by atoms with Gasteiger partial charge in [-0.3, -0.25) is 0 Å². The van der Waals surface area contributed by atoms with Crippen LogP contribution in [0.3, 0.4) is 0 Å². The highest BCUT2D eigenvalue weighted by atomic mass is 32.2. The van der Waals surface area contributed by atoms with Gasteiger partial charge in [0.25, 0.3) is 0 Å². The van der Waals surface area contributed by atoms with Gasteiger partial charge in [0.15, 0.2) is 8.07 Å². The number of hydrogen-bond acceptors (Lipinski definition) is 2. The minimum Gasteiger partial charge on any atom is -0.310 e. The Hall–Kier alpha value is -6.13. The second kappa shape index (κ2) is 12.0. The van der Waals surface area contributed by atoms with Gasteiger partial charge in [0, 0.05) is 26.6 Å². The molecule has 0 saturated heterocycles. The molecule has 1 spiro atoms. The van der Waals surface area contributed by atoms with E-state index in [1.165, 1.54) is 85.7 Å². The number of rotatable bonds is 4. The highest BCUT2D eigenvalue weighted by Gasteiger charge is 2.52. The van der Waals surface area contributed by atoms with Gasteiger partial charge >= 0.3 is 0 Å². The van der Waals surface area contributed by atoms with E-state index in [1.807, 2.05) is 11.8 Å². The Morgan fingerprint density at radius 2 is 0.906 bits per heavy atom. The molecule has 2 aliphatic rings. The van der Waals surface area contributed by atoms with Crippen LogP contribution in [0.1, 0.15) is 0 Å². The summed E-state index contributed by atoms with van der Waals surface area (Å²) in [5, 5.41) is 10.9. The lowest BCUT2D eigenvalue weighted by Crippen LogP contribution is -2.74. The van der Waals surface area contributed by atoms with E-state index in [9.17, 15) is 0 Å². The molecule has 2 aliphatic heterocycles. The molecule has 248 valence electrons. The van der Waals surface area contributed by atoms with Crippen molar-refractivity contribution in [2.75, 3.05) is 4.90 Å². The average Bonchev–Trinajstić information content (AvgIpc) is 3.52. The van der Waals surface area contributed by atoms with Gasteiger partial charge < -0.3 is 4.90 Å². The third-order valence-electron chi connectivity index (χ3n) is 11.3. The van der Waals surface area contributed by atoms with Crippen molar-refractivity contribution in [3.05, 3.63) is 200 Å². The smallest absolute Gasteiger partial charge is 0.183 e. The number of nitrogens with zero attached hydrogens (tertiary/aromatic N) is 1. The van der Waals surface area contributed by atoms with Crippen molar-refractivity contribution in [3.8, 4) is 22.3 Å². The summed E-state index contributed by atoms with van der Waals surface area (Å²) < 4.78 is 0. The maximum Gasteiger partial charge on any atom is 0.183 e. The summed E-state index contributed by atoms with van der Waals surface area (Å²) in [5.41, 5.74) is 8.67. The molecule has 0 N–H and O–H groups in total. The van der Waals surface area contributed by atoms with Gasteiger partial charge in [-0.05, 0) is 102 Å². The van der Waals surface area contributed by atoms with E-state index in [0.717, 1.165) is 5.69 Å². The van der Waals surface area contributed by atoms with Crippen molar-refractivity contribution in [2.24, 2.45) is 0 Å². The lowest BCUT2D eigenvalue weighted by molar-refractivity contribution is 1.29. The van der Waals surface area contributed by atoms with Gasteiger partial charge in [-0.1, -0.05) is 169 Å². The molecule has 0 amide bonds. The fourth-order valence-corrected chi connectivity index (χ4v) is 16.4. The fraction of sp³-hybridized carbons (Fsp3) is 0. The minimum atomic E-state index is -2.68. The topological polar surface area (TPSA) is 3.24 Å². The molecular formula is C50H33NSSi. The molecule has 1 nitrogen and oxygen atoms in total. The van der Waals surface area contributed by atoms with E-state index in [-0.39, 0.29) is 0 Å². The quantitative estimate of drug-likeness (QED) is 0.132. The van der Waals surface area contributed by atoms with Gasteiger partial charge in [0.2, 0.25) is 0 Å². The first-order valence-electron chi connectivity index (χ1n) is 18.3. The SMILES string of the molecule is c1ccc(-c2ccc(N(c3ccc4c(c3)[Si]3(c5ccccc5S4)c4ccccc4-c4ccccc43)c3cc4ccccc4c4ccccc34)cc2)cc1. The molecule has 2 heterocycles. The van der Waals surface area contributed by atoms with Crippen LogP contribution in [-0.4, -0.2) is 8.07 Å². The van der Waals surface area contributed by atoms with Crippen LogP contribution < -0.4 is 25.6 Å². The molecule has 0 atom stereocenters. The summed E-state index contributed by atoms with van der Waals surface area (Å²) in [7, 11) is -2.68. The normalized spacial score (nSPS) is 13.4. The molecule has 3 heteroatoms. The van der Waals surface area contributed by atoms with Crippen molar-refractivity contribution >= 4 is 79.2 Å². The Balaban J connectivity index is 1.20. The highest BCUT2D eigenvalue weighted by molar-refractivity contribution is 8.00. The lowest BCUT2D eigenvalue weighted by Gasteiger charge is -2.38. The van der Waals surface area contributed by atoms with Crippen molar-refractivity contribution in [1.82, 2.24) is 0 Å². The van der Waals surface area contributed by atoms with Gasteiger partial charge in [-0.25, -0.2) is 0 Å². The molecule has 53 heavy (non-hydrogen) atoms. The highest BCUT2D eigenvalue weighted by Crippen LogP contribution is 2.44. The first kappa shape index (κ1) is 30.5. The maximum atomic E-state index is 2.55. The second-order valence-electron chi connectivity index (χ2n) is 14.0. The van der Waals surface area contributed by atoms with Crippen LogP contribution in [0.4, 0.5) is 17.1 Å². The number of benzene rings is 9. The zero-order valence-electron chi connectivity index (χ0n) is 28.9. The molecule has 0 unspecified atom stereocenters. The van der Waals surface area contributed by atoms with Crippen molar-refractivity contribution in [3.63, 3.8) is 0 Å². The van der Waals surface area contributed by atoms with E-state index in [2.05, 4.69) is 205 Å². The minimum absolute atomic E-state index is 1.14. The van der Waals surface area contributed by atoms with E-state index in [0.29, 0.717) is 0 Å². The molecule has 0 saturated carbocycles. The van der Waals surface area contributed by atoms with Crippen LogP contribution in [0.5, 0.6) is 0 Å². The zero-order chi connectivity index (χ0) is 34.9. The molecule has 9 aromatic rings. The summed E-state index contributed by atoms with van der Waals surface area (Å²) in [5.74, 6) is 0. The standard InChI is InChI=1S/C50H33NSSi/c1-2-14-34(15-3-1)35-26-28-37(29-27-35)51(44-32-36-16-4-5-17-39(36)40-18-6-7-19-41(40)44)38-30-31-46-50(33-38)53(49-25-13-10-22-45(49)52-46)47-23-11-8-20-42(47)43-21-9-12-24-48(43)53/h1-33H. The average molecular weight is 708 g/mol. The molecular weight excluding hydrogens is 675 g/mol. The third kappa shape index (κ3) is 4.51. The Morgan fingerprint density at radius 1 is 0.358 bits per heavy atom. The van der Waals surface area contributed by atoms with E-state index in [1.54, 1.807) is 0 Å². The number of anilines is 3. The Morgan fingerprint density at radius 3 is 1.66 bits per heavy atom. The summed E-state index contributed by atoms with van der Waals surface area (Å²) in [6.07, 6.45) is 0. The summed E-state index contributed by atoms with van der Waals surface area (Å²) >= 11 is 1.92. The van der Waals surface area contributed by atoms with Gasteiger partial charge in [-0.15, -0.1) is 0 Å². The first-order chi connectivity index (χ1) is 26.3. The molecule has 0 radical (unpaired) electrons. The van der Waals surface area contributed by atoms with Crippen LogP contribution >= 0.6 is 11.8 Å². The second-order valence-corrected chi connectivity index (χ2v) is 18.8. The van der Waals surface area contributed by atoms with Crippen molar-refractivity contribution < 1.29 is 0 Å². The molecule has 11 rings (SSSR count). The Kier molecular flexibility index (Phi) is 6.88. The summed E-state index contributed by atoms with van der Waals surface area (Å²) in [6.45, 7) is 0. The summed E-state index contributed by atoms with van der Waals surface area (Å²) in [6, 6.07) is 74.8. The van der Waals surface area contributed by atoms with Crippen LogP contribution in [0.15, 0.2) is 210 Å². The number of hydrogen-bond donors (Lipinski definition) is 0. The molecule has 0 fully saturated rings. The molecule has 9 aromatic carbocycles. The van der Waals surface area contributed by atoms with Crippen molar-refractivity contribution in [1.29, 1.82) is 0 Å². The lowest BCUT2D eigenvalue weighted by atomic mass is 9.98. The first-order valence-corrected chi connectivity index (χ1v) is 21.1. The van der Waals surface area contributed by atoms with E-state index < -0.39 is 8.07 Å². The Bertz CT molecular complexity index is 2830. The van der Waals surface area contributed by atoms with E-state index >= 15 is 0 Å². The predicted octanol–water partition coefficient (Wildman–Crippen LogP) is 11.0. The fourth-order valence-electron chi connectivity index (χ4n) is 9.06. The third-order valence-corrected chi connectivity index (χ3v) is 17.8. The van der Waals surface area contributed by atoms with Gasteiger partial charge in [-0.2, -0.15) is 0 Å². The van der Waals surface area contributed by atoms with Crippen LogP contribution in [0, 0.1) is 0 Å². The van der Waals surface area contributed by atoms with E-state index in [4.69, 9.17) is 0 Å².